The minimum Gasteiger partial charge on any atom is -0.487 e. The first-order valence-electron chi connectivity index (χ1n) is 8.07. The van der Waals surface area contributed by atoms with Gasteiger partial charge in [0.2, 0.25) is 0 Å². The summed E-state index contributed by atoms with van der Waals surface area (Å²) in [5, 5.41) is 2.34. The van der Waals surface area contributed by atoms with Crippen LogP contribution >= 0.6 is 11.6 Å². The lowest BCUT2D eigenvalue weighted by molar-refractivity contribution is 0.305. The standard InChI is InChI=1S/C21H14ClFN2O/c22-19-11-15(23)6-7-17(19)18-4-2-9-25-20(18)13-26-21-5-1-3-14-12-24-10-8-16(14)21/h1-12H,13H2. The molecular formula is C21H14ClFN2O. The molecule has 5 heteroatoms. The molecule has 4 aromatic rings. The number of benzene rings is 2. The van der Waals surface area contributed by atoms with Gasteiger partial charge in [0, 0.05) is 40.5 Å². The molecule has 0 N–H and O–H groups in total. The van der Waals surface area contributed by atoms with Crippen LogP contribution in [0.5, 0.6) is 5.75 Å². The van der Waals surface area contributed by atoms with Gasteiger partial charge in [-0.2, -0.15) is 0 Å². The van der Waals surface area contributed by atoms with Crippen molar-refractivity contribution in [3.63, 3.8) is 0 Å². The van der Waals surface area contributed by atoms with E-state index in [1.165, 1.54) is 12.1 Å². The van der Waals surface area contributed by atoms with E-state index in [-0.39, 0.29) is 12.4 Å². The lowest BCUT2D eigenvalue weighted by Gasteiger charge is -2.13. The molecule has 0 atom stereocenters. The zero-order chi connectivity index (χ0) is 17.9. The highest BCUT2D eigenvalue weighted by Crippen LogP contribution is 2.31. The molecule has 128 valence electrons. The number of aromatic nitrogens is 2. The highest BCUT2D eigenvalue weighted by Gasteiger charge is 2.12. The summed E-state index contributed by atoms with van der Waals surface area (Å²) in [6.07, 6.45) is 5.24. The minimum atomic E-state index is -0.371. The first-order chi connectivity index (χ1) is 12.7. The van der Waals surface area contributed by atoms with Crippen LogP contribution in [0.1, 0.15) is 5.69 Å². The van der Waals surface area contributed by atoms with Gasteiger partial charge in [0.1, 0.15) is 18.2 Å². The number of hydrogen-bond donors (Lipinski definition) is 0. The van der Waals surface area contributed by atoms with Crippen molar-refractivity contribution in [3.05, 3.63) is 89.7 Å². The SMILES string of the molecule is Fc1ccc(-c2cccnc2COc2cccc3cnccc23)c(Cl)c1. The van der Waals surface area contributed by atoms with Crippen molar-refractivity contribution >= 4 is 22.4 Å². The van der Waals surface area contributed by atoms with Gasteiger partial charge in [-0.1, -0.05) is 29.8 Å². The molecule has 0 fully saturated rings. The summed E-state index contributed by atoms with van der Waals surface area (Å²) >= 11 is 6.22. The minimum absolute atomic E-state index is 0.269. The summed E-state index contributed by atoms with van der Waals surface area (Å²) in [4.78, 5) is 8.55. The molecule has 0 radical (unpaired) electrons. The van der Waals surface area contributed by atoms with E-state index >= 15 is 0 Å². The maximum absolute atomic E-state index is 13.4. The average Bonchev–Trinajstić information content (AvgIpc) is 2.67. The fourth-order valence-corrected chi connectivity index (χ4v) is 3.14. The van der Waals surface area contributed by atoms with Crippen LogP contribution < -0.4 is 4.74 Å². The van der Waals surface area contributed by atoms with Crippen LogP contribution in [0.25, 0.3) is 21.9 Å². The van der Waals surface area contributed by atoms with Crippen LogP contribution in [0.3, 0.4) is 0 Å². The Morgan fingerprint density at radius 1 is 0.962 bits per heavy atom. The number of ether oxygens (including phenoxy) is 1. The molecule has 2 aromatic heterocycles. The molecule has 26 heavy (non-hydrogen) atoms. The predicted molar refractivity (Wildman–Crippen MR) is 101 cm³/mol. The maximum atomic E-state index is 13.4. The zero-order valence-electron chi connectivity index (χ0n) is 13.7. The van der Waals surface area contributed by atoms with Crippen molar-refractivity contribution in [3.8, 4) is 16.9 Å². The molecule has 0 unspecified atom stereocenters. The molecule has 0 saturated carbocycles. The Morgan fingerprint density at radius 2 is 1.88 bits per heavy atom. The Balaban J connectivity index is 1.67. The van der Waals surface area contributed by atoms with E-state index in [9.17, 15) is 4.39 Å². The highest BCUT2D eigenvalue weighted by atomic mass is 35.5. The summed E-state index contributed by atoms with van der Waals surface area (Å²) in [6, 6.07) is 15.8. The third-order valence-electron chi connectivity index (χ3n) is 4.12. The van der Waals surface area contributed by atoms with Crippen molar-refractivity contribution in [2.75, 3.05) is 0 Å². The molecule has 0 amide bonds. The van der Waals surface area contributed by atoms with Crippen molar-refractivity contribution in [2.24, 2.45) is 0 Å². The molecular weight excluding hydrogens is 351 g/mol. The molecule has 2 heterocycles. The summed E-state index contributed by atoms with van der Waals surface area (Å²) < 4.78 is 19.4. The third-order valence-corrected chi connectivity index (χ3v) is 4.43. The molecule has 0 aliphatic heterocycles. The van der Waals surface area contributed by atoms with Gasteiger partial charge in [-0.05, 0) is 36.4 Å². The Hall–Kier alpha value is -2.98. The Kier molecular flexibility index (Phi) is 4.50. The largest absolute Gasteiger partial charge is 0.487 e. The van der Waals surface area contributed by atoms with Gasteiger partial charge < -0.3 is 4.74 Å². The van der Waals surface area contributed by atoms with Crippen molar-refractivity contribution in [2.45, 2.75) is 6.61 Å². The maximum Gasteiger partial charge on any atom is 0.131 e. The first kappa shape index (κ1) is 16.5. The van der Waals surface area contributed by atoms with Gasteiger partial charge >= 0.3 is 0 Å². The molecule has 0 saturated heterocycles. The third kappa shape index (κ3) is 3.24. The topological polar surface area (TPSA) is 35.0 Å². The van der Waals surface area contributed by atoms with Crippen LogP contribution in [0.4, 0.5) is 4.39 Å². The van der Waals surface area contributed by atoms with Gasteiger partial charge in [0.05, 0.1) is 10.7 Å². The van der Waals surface area contributed by atoms with Crippen LogP contribution in [-0.4, -0.2) is 9.97 Å². The van der Waals surface area contributed by atoms with E-state index in [1.54, 1.807) is 24.7 Å². The number of halogens is 2. The van der Waals surface area contributed by atoms with E-state index < -0.39 is 0 Å². The lowest BCUT2D eigenvalue weighted by Crippen LogP contribution is -2.01. The number of nitrogens with zero attached hydrogens (tertiary/aromatic N) is 2. The van der Waals surface area contributed by atoms with Gasteiger partial charge in [0.15, 0.2) is 0 Å². The second-order valence-corrected chi connectivity index (χ2v) is 6.17. The van der Waals surface area contributed by atoms with E-state index in [0.717, 1.165) is 33.3 Å². The normalized spacial score (nSPS) is 10.8. The van der Waals surface area contributed by atoms with Crippen LogP contribution in [-0.2, 0) is 6.61 Å². The monoisotopic (exact) mass is 364 g/mol. The number of hydrogen-bond acceptors (Lipinski definition) is 3. The van der Waals surface area contributed by atoms with E-state index in [2.05, 4.69) is 9.97 Å². The van der Waals surface area contributed by atoms with Gasteiger partial charge in [-0.25, -0.2) is 4.39 Å². The Bertz CT molecular complexity index is 1080. The van der Waals surface area contributed by atoms with Gasteiger partial charge in [-0.15, -0.1) is 0 Å². The van der Waals surface area contributed by atoms with Gasteiger partial charge in [0.25, 0.3) is 0 Å². The van der Waals surface area contributed by atoms with Gasteiger partial charge in [-0.3, -0.25) is 9.97 Å². The summed E-state index contributed by atoms with van der Waals surface area (Å²) in [7, 11) is 0. The molecule has 4 rings (SSSR count). The molecule has 2 aromatic carbocycles. The van der Waals surface area contributed by atoms with Crippen molar-refractivity contribution < 1.29 is 9.13 Å². The van der Waals surface area contributed by atoms with Crippen LogP contribution in [0.2, 0.25) is 5.02 Å². The Labute approximate surface area is 155 Å². The second kappa shape index (κ2) is 7.10. The van der Waals surface area contributed by atoms with E-state index in [0.29, 0.717) is 5.02 Å². The molecule has 0 bridgehead atoms. The van der Waals surface area contributed by atoms with Crippen molar-refractivity contribution in [1.82, 2.24) is 9.97 Å². The van der Waals surface area contributed by atoms with Crippen molar-refractivity contribution in [1.29, 1.82) is 0 Å². The molecule has 0 aliphatic rings. The fraction of sp³-hybridized carbons (Fsp3) is 0.0476. The highest BCUT2D eigenvalue weighted by molar-refractivity contribution is 6.33. The van der Waals surface area contributed by atoms with E-state index in [4.69, 9.17) is 16.3 Å². The number of rotatable bonds is 4. The lowest BCUT2D eigenvalue weighted by atomic mass is 10.0. The molecule has 3 nitrogen and oxygen atoms in total. The number of pyridine rings is 2. The van der Waals surface area contributed by atoms with E-state index in [1.807, 2.05) is 36.4 Å². The predicted octanol–water partition coefficient (Wildman–Crippen LogP) is 5.67. The zero-order valence-corrected chi connectivity index (χ0v) is 14.4. The van der Waals surface area contributed by atoms with Crippen LogP contribution in [0, 0.1) is 5.82 Å². The quantitative estimate of drug-likeness (QED) is 0.468. The second-order valence-electron chi connectivity index (χ2n) is 5.76. The fourth-order valence-electron chi connectivity index (χ4n) is 2.87. The summed E-state index contributed by atoms with van der Waals surface area (Å²) in [5.74, 6) is 0.386. The summed E-state index contributed by atoms with van der Waals surface area (Å²) in [6.45, 7) is 0.269. The average molecular weight is 365 g/mol. The first-order valence-corrected chi connectivity index (χ1v) is 8.45. The number of fused-ring (bicyclic) bond motifs is 1. The molecule has 0 spiro atoms. The molecule has 0 aliphatic carbocycles. The van der Waals surface area contributed by atoms with Crippen LogP contribution in [0.15, 0.2) is 73.2 Å². The Morgan fingerprint density at radius 3 is 2.77 bits per heavy atom. The smallest absolute Gasteiger partial charge is 0.131 e. The summed E-state index contributed by atoms with van der Waals surface area (Å²) in [5.41, 5.74) is 2.27.